The molecule has 0 heterocycles. The molecule has 0 aromatic heterocycles. The van der Waals surface area contributed by atoms with Crippen LogP contribution in [0.3, 0.4) is 0 Å². The Morgan fingerprint density at radius 1 is 1.09 bits per heavy atom. The topological polar surface area (TPSA) is 108 Å². The zero-order valence-electron chi connectivity index (χ0n) is 22.2. The van der Waals surface area contributed by atoms with Crippen LogP contribution < -0.4 is 10.6 Å². The van der Waals surface area contributed by atoms with Gasteiger partial charge >= 0.3 is 6.09 Å². The number of aryl methyl sites for hydroxylation is 1. The van der Waals surface area contributed by atoms with E-state index in [0.717, 1.165) is 6.42 Å². The highest BCUT2D eigenvalue weighted by atomic mass is 16.6. The number of amides is 3. The van der Waals surface area contributed by atoms with Crippen molar-refractivity contribution >= 4 is 17.9 Å². The number of ether oxygens (including phenoxy) is 1. The second-order valence-corrected chi connectivity index (χ2v) is 10.3. The molecule has 0 spiro atoms. The number of carbonyl (C=O) groups excluding carboxylic acids is 3. The Kier molecular flexibility index (Phi) is 10.9. The molecule has 3 amide bonds. The van der Waals surface area contributed by atoms with Crippen LogP contribution in [0, 0.1) is 12.8 Å². The minimum Gasteiger partial charge on any atom is -0.507 e. The van der Waals surface area contributed by atoms with Crippen molar-refractivity contribution in [3.8, 4) is 5.75 Å². The van der Waals surface area contributed by atoms with E-state index in [0.29, 0.717) is 17.5 Å². The van der Waals surface area contributed by atoms with Crippen LogP contribution >= 0.6 is 0 Å². The van der Waals surface area contributed by atoms with Gasteiger partial charge in [-0.2, -0.15) is 0 Å². The summed E-state index contributed by atoms with van der Waals surface area (Å²) in [5.41, 5.74) is 0.237. The average molecular weight is 478 g/mol. The molecule has 1 rings (SSSR count). The number of nitrogens with zero attached hydrogens (tertiary/aromatic N) is 1. The van der Waals surface area contributed by atoms with E-state index in [-0.39, 0.29) is 30.2 Å². The number of aromatic hydroxyl groups is 1. The van der Waals surface area contributed by atoms with E-state index in [1.807, 2.05) is 34.6 Å². The molecule has 2 atom stereocenters. The molecule has 2 unspecified atom stereocenters. The maximum Gasteiger partial charge on any atom is 0.408 e. The number of alkyl carbamates (subject to hydrolysis) is 1. The number of hydrogen-bond donors (Lipinski definition) is 3. The molecule has 3 N–H and O–H groups in total. The van der Waals surface area contributed by atoms with Gasteiger partial charge in [-0.05, 0) is 59.4 Å². The Balaban J connectivity index is 3.52. The Morgan fingerprint density at radius 3 is 2.21 bits per heavy atom. The van der Waals surface area contributed by atoms with Gasteiger partial charge < -0.3 is 25.4 Å². The van der Waals surface area contributed by atoms with E-state index >= 15 is 0 Å². The molecule has 8 nitrogen and oxygen atoms in total. The number of nitrogens with one attached hydrogen (secondary N) is 2. The van der Waals surface area contributed by atoms with Crippen LogP contribution in [0.2, 0.25) is 0 Å². The van der Waals surface area contributed by atoms with Gasteiger partial charge in [0, 0.05) is 18.2 Å². The Morgan fingerprint density at radius 2 is 1.71 bits per heavy atom. The second-order valence-electron chi connectivity index (χ2n) is 10.3. The molecule has 192 valence electrons. The Labute approximate surface area is 204 Å². The van der Waals surface area contributed by atoms with Crippen molar-refractivity contribution in [1.82, 2.24) is 15.5 Å². The first-order chi connectivity index (χ1) is 15.7. The van der Waals surface area contributed by atoms with Crippen LogP contribution in [-0.4, -0.2) is 52.1 Å². The van der Waals surface area contributed by atoms with Gasteiger partial charge in [-0.3, -0.25) is 9.59 Å². The van der Waals surface area contributed by atoms with Crippen molar-refractivity contribution in [3.63, 3.8) is 0 Å². The first-order valence-corrected chi connectivity index (χ1v) is 12.1. The van der Waals surface area contributed by atoms with E-state index in [1.54, 1.807) is 45.9 Å². The molecule has 0 aliphatic rings. The van der Waals surface area contributed by atoms with Crippen LogP contribution in [-0.2, 0) is 14.3 Å². The molecule has 0 saturated heterocycles. The van der Waals surface area contributed by atoms with Gasteiger partial charge in [0.15, 0.2) is 0 Å². The predicted molar refractivity (Wildman–Crippen MR) is 133 cm³/mol. The fourth-order valence-electron chi connectivity index (χ4n) is 3.54. The molecule has 0 fully saturated rings. The number of carbonyl (C=O) groups is 3. The maximum absolute atomic E-state index is 13.9. The molecular weight excluding hydrogens is 434 g/mol. The molecule has 0 bridgehead atoms. The minimum absolute atomic E-state index is 0.0260. The molecule has 1 aromatic rings. The van der Waals surface area contributed by atoms with Crippen molar-refractivity contribution in [2.75, 3.05) is 6.54 Å². The lowest BCUT2D eigenvalue weighted by Crippen LogP contribution is -2.55. The van der Waals surface area contributed by atoms with Crippen LogP contribution in [0.25, 0.3) is 0 Å². The quantitative estimate of drug-likeness (QED) is 0.462. The summed E-state index contributed by atoms with van der Waals surface area (Å²) < 4.78 is 5.37. The third-order valence-electron chi connectivity index (χ3n) is 5.20. The summed E-state index contributed by atoms with van der Waals surface area (Å²) >= 11 is 0. The van der Waals surface area contributed by atoms with Crippen LogP contribution in [0.4, 0.5) is 4.79 Å². The normalized spacial score (nSPS) is 13.4. The van der Waals surface area contributed by atoms with Crippen LogP contribution in [0.5, 0.6) is 5.75 Å². The molecule has 1 aromatic carbocycles. The van der Waals surface area contributed by atoms with Gasteiger partial charge in [0.05, 0.1) is 0 Å². The predicted octanol–water partition coefficient (Wildman–Crippen LogP) is 4.44. The highest BCUT2D eigenvalue weighted by Gasteiger charge is 2.38. The fourth-order valence-corrected chi connectivity index (χ4v) is 3.54. The van der Waals surface area contributed by atoms with E-state index in [2.05, 4.69) is 10.6 Å². The lowest BCUT2D eigenvalue weighted by atomic mass is 9.96. The van der Waals surface area contributed by atoms with Gasteiger partial charge in [0.1, 0.15) is 23.4 Å². The molecule has 0 aliphatic carbocycles. The summed E-state index contributed by atoms with van der Waals surface area (Å²) in [6.45, 7) is 16.6. The molecule has 0 radical (unpaired) electrons. The van der Waals surface area contributed by atoms with E-state index in [4.69, 9.17) is 4.74 Å². The summed E-state index contributed by atoms with van der Waals surface area (Å²) in [6.07, 6.45) is 0.756. The second kappa shape index (κ2) is 12.6. The van der Waals surface area contributed by atoms with Gasteiger partial charge in [-0.15, -0.1) is 0 Å². The van der Waals surface area contributed by atoms with E-state index in [9.17, 15) is 19.5 Å². The number of benzene rings is 1. The van der Waals surface area contributed by atoms with Crippen molar-refractivity contribution in [1.29, 1.82) is 0 Å². The minimum atomic E-state index is -1.05. The van der Waals surface area contributed by atoms with Crippen molar-refractivity contribution in [3.05, 3.63) is 29.3 Å². The third kappa shape index (κ3) is 8.54. The summed E-state index contributed by atoms with van der Waals surface area (Å²) in [5.74, 6) is -1.08. The average Bonchev–Trinajstić information content (AvgIpc) is 2.69. The highest BCUT2D eigenvalue weighted by Crippen LogP contribution is 2.33. The van der Waals surface area contributed by atoms with Gasteiger partial charge in [-0.1, -0.05) is 45.4 Å². The lowest BCUT2D eigenvalue weighted by Gasteiger charge is -2.36. The molecule has 8 heteroatoms. The molecule has 0 saturated carbocycles. The molecule has 34 heavy (non-hydrogen) atoms. The number of phenols is 1. The number of hydrogen-bond acceptors (Lipinski definition) is 5. The standard InChI is InChI=1S/C26H43N3O5/c1-10-11-15-29(24(32)20(16(2)3)28-25(33)34-26(7,8)9)21(23(31)27-17(4)5)19-14-12-13-18(6)22(19)30/h12-14,16-17,20-21,30H,10-11,15H2,1-9H3,(H,27,31)(H,28,33). The summed E-state index contributed by atoms with van der Waals surface area (Å²) in [5, 5.41) is 16.4. The van der Waals surface area contributed by atoms with Crippen molar-refractivity contribution < 1.29 is 24.2 Å². The SMILES string of the molecule is CCCCN(C(=O)C(NC(=O)OC(C)(C)C)C(C)C)C(C(=O)NC(C)C)c1cccc(C)c1O. The maximum atomic E-state index is 13.9. The zero-order valence-corrected chi connectivity index (χ0v) is 22.2. The van der Waals surface area contributed by atoms with Crippen LogP contribution in [0.1, 0.15) is 85.4 Å². The summed E-state index contributed by atoms with van der Waals surface area (Å²) in [4.78, 5) is 41.3. The Bertz CT molecular complexity index is 845. The third-order valence-corrected chi connectivity index (χ3v) is 5.20. The lowest BCUT2D eigenvalue weighted by molar-refractivity contribution is -0.143. The zero-order chi connectivity index (χ0) is 26.2. The summed E-state index contributed by atoms with van der Waals surface area (Å²) in [6, 6.07) is 3.03. The smallest absolute Gasteiger partial charge is 0.408 e. The largest absolute Gasteiger partial charge is 0.507 e. The number of para-hydroxylation sites is 1. The molecular formula is C26H43N3O5. The number of rotatable bonds is 10. The highest BCUT2D eigenvalue weighted by molar-refractivity contribution is 5.92. The first kappa shape index (κ1) is 29.3. The molecule has 0 aliphatic heterocycles. The fraction of sp³-hybridized carbons (Fsp3) is 0.654. The van der Waals surface area contributed by atoms with Gasteiger partial charge in [0.25, 0.3) is 0 Å². The van der Waals surface area contributed by atoms with E-state index < -0.39 is 29.7 Å². The van der Waals surface area contributed by atoms with Gasteiger partial charge in [-0.25, -0.2) is 4.79 Å². The monoisotopic (exact) mass is 477 g/mol. The van der Waals surface area contributed by atoms with Crippen molar-refractivity contribution in [2.45, 2.75) is 98.9 Å². The first-order valence-electron chi connectivity index (χ1n) is 12.1. The number of unbranched alkanes of at least 4 members (excludes halogenated alkanes) is 1. The van der Waals surface area contributed by atoms with Crippen molar-refractivity contribution in [2.24, 2.45) is 5.92 Å². The summed E-state index contributed by atoms with van der Waals surface area (Å²) in [7, 11) is 0. The Hall–Kier alpha value is -2.77. The van der Waals surface area contributed by atoms with Crippen LogP contribution in [0.15, 0.2) is 18.2 Å². The number of phenolic OH excluding ortho intramolecular Hbond substituents is 1. The van der Waals surface area contributed by atoms with E-state index in [1.165, 1.54) is 4.90 Å². The van der Waals surface area contributed by atoms with Gasteiger partial charge in [0.2, 0.25) is 11.8 Å².